The number of carbonyl (C=O) groups is 1. The van der Waals surface area contributed by atoms with Crippen molar-refractivity contribution in [2.24, 2.45) is 11.8 Å². The van der Waals surface area contributed by atoms with Gasteiger partial charge in [0.2, 0.25) is 11.8 Å². The molecule has 31 heavy (non-hydrogen) atoms. The lowest BCUT2D eigenvalue weighted by molar-refractivity contribution is -0.126. The molecule has 0 spiro atoms. The number of anilines is 1. The summed E-state index contributed by atoms with van der Waals surface area (Å²) < 4.78 is 5.92. The largest absolute Gasteiger partial charge is 0.439 e. The van der Waals surface area contributed by atoms with Crippen molar-refractivity contribution in [2.45, 2.75) is 64.8 Å². The Morgan fingerprint density at radius 1 is 1.10 bits per heavy atom. The summed E-state index contributed by atoms with van der Waals surface area (Å²) in [7, 11) is 0. The minimum Gasteiger partial charge on any atom is -0.439 e. The first-order valence-electron chi connectivity index (χ1n) is 11.8. The van der Waals surface area contributed by atoms with Crippen molar-refractivity contribution >= 4 is 11.7 Å². The molecular weight excluding hydrogens is 388 g/mol. The van der Waals surface area contributed by atoms with Crippen molar-refractivity contribution in [3.05, 3.63) is 42.2 Å². The number of aryl methyl sites for hydroxylation is 1. The lowest BCUT2D eigenvalue weighted by Gasteiger charge is -2.35. The fourth-order valence-corrected chi connectivity index (χ4v) is 4.67. The molecule has 2 aromatic rings. The van der Waals surface area contributed by atoms with Gasteiger partial charge in [0.05, 0.1) is 0 Å². The van der Waals surface area contributed by atoms with Crippen LogP contribution in [0.5, 0.6) is 11.6 Å². The zero-order chi connectivity index (χ0) is 21.6. The van der Waals surface area contributed by atoms with E-state index in [2.05, 4.69) is 46.2 Å². The highest BCUT2D eigenvalue weighted by atomic mass is 16.5. The molecule has 2 atom stereocenters. The molecule has 1 saturated heterocycles. The summed E-state index contributed by atoms with van der Waals surface area (Å²) >= 11 is 0. The highest BCUT2D eigenvalue weighted by Gasteiger charge is 2.29. The maximum atomic E-state index is 12.8. The van der Waals surface area contributed by atoms with Gasteiger partial charge in [0, 0.05) is 31.1 Å². The van der Waals surface area contributed by atoms with E-state index in [0.29, 0.717) is 17.8 Å². The Hall–Kier alpha value is -2.63. The third-order valence-corrected chi connectivity index (χ3v) is 6.81. The van der Waals surface area contributed by atoms with Crippen molar-refractivity contribution in [1.29, 1.82) is 0 Å². The summed E-state index contributed by atoms with van der Waals surface area (Å²) in [6, 6.07) is 10.3. The number of carbonyl (C=O) groups excluding carboxylic acids is 1. The monoisotopic (exact) mass is 422 g/mol. The topological polar surface area (TPSA) is 67.3 Å². The molecule has 6 nitrogen and oxygen atoms in total. The molecule has 1 amide bonds. The molecule has 2 fully saturated rings. The molecule has 2 aliphatic rings. The molecule has 166 valence electrons. The van der Waals surface area contributed by atoms with Gasteiger partial charge >= 0.3 is 0 Å². The summed E-state index contributed by atoms with van der Waals surface area (Å²) in [5.41, 5.74) is 1.28. The van der Waals surface area contributed by atoms with Gasteiger partial charge in [-0.15, -0.1) is 0 Å². The van der Waals surface area contributed by atoms with Crippen LogP contribution in [0.4, 0.5) is 5.82 Å². The molecule has 6 heteroatoms. The molecule has 0 radical (unpaired) electrons. The minimum absolute atomic E-state index is 0.0972. The normalized spacial score (nSPS) is 22.2. The predicted octanol–water partition coefficient (Wildman–Crippen LogP) is 4.74. The zero-order valence-electron chi connectivity index (χ0n) is 18.7. The highest BCUT2D eigenvalue weighted by molar-refractivity contribution is 5.79. The van der Waals surface area contributed by atoms with E-state index >= 15 is 0 Å². The Kier molecular flexibility index (Phi) is 7.05. The van der Waals surface area contributed by atoms with E-state index in [1.54, 1.807) is 6.33 Å². The van der Waals surface area contributed by atoms with Gasteiger partial charge in [-0.3, -0.25) is 4.79 Å². The van der Waals surface area contributed by atoms with Crippen LogP contribution in [-0.4, -0.2) is 35.0 Å². The van der Waals surface area contributed by atoms with Crippen LogP contribution in [0.2, 0.25) is 0 Å². The summed E-state index contributed by atoms with van der Waals surface area (Å²) in [6.45, 7) is 6.04. The number of rotatable bonds is 6. The van der Waals surface area contributed by atoms with E-state index < -0.39 is 0 Å². The van der Waals surface area contributed by atoms with Gasteiger partial charge in [-0.25, -0.2) is 9.97 Å². The van der Waals surface area contributed by atoms with E-state index in [1.165, 1.54) is 24.8 Å². The second kappa shape index (κ2) is 10.1. The van der Waals surface area contributed by atoms with Crippen molar-refractivity contribution in [3.8, 4) is 11.6 Å². The fourth-order valence-electron chi connectivity index (χ4n) is 4.67. The average molecular weight is 423 g/mol. The lowest BCUT2D eigenvalue weighted by Crippen LogP contribution is -2.46. The number of ether oxygens (including phenoxy) is 1. The second-order valence-corrected chi connectivity index (χ2v) is 8.95. The van der Waals surface area contributed by atoms with Gasteiger partial charge in [0.15, 0.2) is 0 Å². The molecule has 1 N–H and O–H groups in total. The first-order valence-corrected chi connectivity index (χ1v) is 11.8. The van der Waals surface area contributed by atoms with Gasteiger partial charge in [-0.05, 0) is 55.7 Å². The number of amides is 1. The van der Waals surface area contributed by atoms with Crippen molar-refractivity contribution in [3.63, 3.8) is 0 Å². The number of aromatic nitrogens is 2. The van der Waals surface area contributed by atoms with E-state index in [4.69, 9.17) is 4.74 Å². The Bertz CT molecular complexity index is 862. The minimum atomic E-state index is 0.0972. The summed E-state index contributed by atoms with van der Waals surface area (Å²) in [6.07, 6.45) is 9.13. The smallest absolute Gasteiger partial charge is 0.224 e. The van der Waals surface area contributed by atoms with Crippen LogP contribution in [-0.2, 0) is 11.2 Å². The van der Waals surface area contributed by atoms with Crippen LogP contribution in [0, 0.1) is 11.8 Å². The van der Waals surface area contributed by atoms with Gasteiger partial charge in [0.1, 0.15) is 17.9 Å². The molecule has 0 unspecified atom stereocenters. The van der Waals surface area contributed by atoms with E-state index in [1.807, 2.05) is 18.2 Å². The fraction of sp³-hybridized carbons (Fsp3) is 0.560. The van der Waals surface area contributed by atoms with Crippen LogP contribution in [0.1, 0.15) is 57.9 Å². The van der Waals surface area contributed by atoms with E-state index in [-0.39, 0.29) is 11.8 Å². The van der Waals surface area contributed by atoms with Crippen LogP contribution >= 0.6 is 0 Å². The van der Waals surface area contributed by atoms with Crippen molar-refractivity contribution in [1.82, 2.24) is 15.3 Å². The number of piperidine rings is 1. The summed E-state index contributed by atoms with van der Waals surface area (Å²) in [4.78, 5) is 23.7. The van der Waals surface area contributed by atoms with E-state index in [0.717, 1.165) is 50.3 Å². The van der Waals surface area contributed by atoms with Crippen molar-refractivity contribution in [2.75, 3.05) is 18.0 Å². The lowest BCUT2D eigenvalue weighted by atomic mass is 9.85. The first kappa shape index (κ1) is 21.6. The number of nitrogens with zero attached hydrogens (tertiary/aromatic N) is 3. The maximum absolute atomic E-state index is 12.8. The molecular formula is C25H34N4O2. The predicted molar refractivity (Wildman–Crippen MR) is 122 cm³/mol. The Morgan fingerprint density at radius 3 is 2.55 bits per heavy atom. The molecule has 1 aromatic carbocycles. The van der Waals surface area contributed by atoms with Crippen LogP contribution in [0.25, 0.3) is 0 Å². The third kappa shape index (κ3) is 5.54. The second-order valence-electron chi connectivity index (χ2n) is 8.95. The Morgan fingerprint density at radius 2 is 1.84 bits per heavy atom. The molecule has 1 aromatic heterocycles. The van der Waals surface area contributed by atoms with Crippen LogP contribution in [0.3, 0.4) is 0 Å². The number of nitrogens with one attached hydrogen (secondary N) is 1. The zero-order valence-corrected chi connectivity index (χ0v) is 18.7. The number of hydrogen-bond donors (Lipinski definition) is 1. The Labute approximate surface area is 185 Å². The summed E-state index contributed by atoms with van der Waals surface area (Å²) in [5.74, 6) is 3.10. The quantitative estimate of drug-likeness (QED) is 0.728. The molecule has 1 aliphatic heterocycles. The third-order valence-electron chi connectivity index (χ3n) is 6.81. The van der Waals surface area contributed by atoms with Crippen molar-refractivity contribution < 1.29 is 9.53 Å². The molecule has 0 bridgehead atoms. The molecule has 1 aliphatic carbocycles. The van der Waals surface area contributed by atoms with Gasteiger partial charge in [-0.2, -0.15) is 0 Å². The maximum Gasteiger partial charge on any atom is 0.224 e. The number of hydrogen-bond acceptors (Lipinski definition) is 5. The Balaban J connectivity index is 1.31. The molecule has 4 rings (SSSR count). The van der Waals surface area contributed by atoms with Gasteiger partial charge in [0.25, 0.3) is 0 Å². The standard InChI is InChI=1S/C25H34N4O2/c1-3-19-8-10-21(11-9-19)31-24-16-23(26-17-27-24)29-14-12-20(13-15-29)25(30)28-22-7-5-4-6-18(22)2/h8-11,16-18,20,22H,3-7,12-15H2,1-2H3,(H,28,30)/t18-,22+/m0/s1. The summed E-state index contributed by atoms with van der Waals surface area (Å²) in [5, 5.41) is 3.33. The molecule has 1 saturated carbocycles. The molecule has 2 heterocycles. The van der Waals surface area contributed by atoms with E-state index in [9.17, 15) is 4.79 Å². The van der Waals surface area contributed by atoms with Gasteiger partial charge in [-0.1, -0.05) is 38.8 Å². The highest BCUT2D eigenvalue weighted by Crippen LogP contribution is 2.28. The SMILES string of the molecule is CCc1ccc(Oc2cc(N3CCC(C(=O)N[C@@H]4CCCC[C@@H]4C)CC3)ncn2)cc1. The van der Waals surface area contributed by atoms with Crippen LogP contribution < -0.4 is 15.0 Å². The first-order chi connectivity index (χ1) is 15.1. The van der Waals surface area contributed by atoms with Gasteiger partial charge < -0.3 is 15.0 Å². The average Bonchev–Trinajstić information content (AvgIpc) is 2.81. The number of benzene rings is 1. The van der Waals surface area contributed by atoms with Crippen LogP contribution in [0.15, 0.2) is 36.7 Å².